The Balaban J connectivity index is 2.50. The predicted octanol–water partition coefficient (Wildman–Crippen LogP) is 2.00. The molecule has 2 aromatic rings. The molecule has 4 nitrogen and oxygen atoms in total. The standard InChI is InChI=1S/C11H9BrN2O2/c1-16-9-4-2-8(3-5-9)14-11(15)7-6-10(12)13-14/h2-7H,1H3. The Morgan fingerprint density at radius 3 is 2.50 bits per heavy atom. The number of hydrogen-bond acceptors (Lipinski definition) is 3. The van der Waals surface area contributed by atoms with Crippen LogP contribution in [0.3, 0.4) is 0 Å². The maximum Gasteiger partial charge on any atom is 0.271 e. The quantitative estimate of drug-likeness (QED) is 0.845. The van der Waals surface area contributed by atoms with Crippen molar-refractivity contribution < 1.29 is 4.74 Å². The lowest BCUT2D eigenvalue weighted by Crippen LogP contribution is -2.19. The molecule has 0 amide bonds. The minimum atomic E-state index is -0.173. The molecule has 0 radical (unpaired) electrons. The van der Waals surface area contributed by atoms with Gasteiger partial charge in [-0.1, -0.05) is 0 Å². The average Bonchev–Trinajstić information content (AvgIpc) is 2.32. The molecule has 0 spiro atoms. The summed E-state index contributed by atoms with van der Waals surface area (Å²) in [5.41, 5.74) is 0.528. The van der Waals surface area contributed by atoms with E-state index in [2.05, 4.69) is 21.0 Å². The Bertz CT molecular complexity index is 549. The van der Waals surface area contributed by atoms with E-state index in [4.69, 9.17) is 4.74 Å². The lowest BCUT2D eigenvalue weighted by Gasteiger charge is -2.05. The Hall–Kier alpha value is -1.62. The highest BCUT2D eigenvalue weighted by Gasteiger charge is 2.01. The number of benzene rings is 1. The molecular weight excluding hydrogens is 272 g/mol. The Kier molecular flexibility index (Phi) is 3.05. The van der Waals surface area contributed by atoms with Crippen LogP contribution in [0.4, 0.5) is 0 Å². The number of nitrogens with zero attached hydrogens (tertiary/aromatic N) is 2. The summed E-state index contributed by atoms with van der Waals surface area (Å²) in [6.45, 7) is 0. The van der Waals surface area contributed by atoms with Gasteiger partial charge in [-0.05, 0) is 46.3 Å². The first-order chi connectivity index (χ1) is 7.70. The molecule has 0 unspecified atom stereocenters. The summed E-state index contributed by atoms with van der Waals surface area (Å²) in [5, 5.41) is 4.08. The summed E-state index contributed by atoms with van der Waals surface area (Å²) in [7, 11) is 1.60. The van der Waals surface area contributed by atoms with E-state index >= 15 is 0 Å². The van der Waals surface area contributed by atoms with E-state index in [1.807, 2.05) is 0 Å². The van der Waals surface area contributed by atoms with Crippen LogP contribution in [0.25, 0.3) is 5.69 Å². The molecular formula is C11H9BrN2O2. The molecule has 16 heavy (non-hydrogen) atoms. The van der Waals surface area contributed by atoms with Crippen LogP contribution in [0.2, 0.25) is 0 Å². The number of ether oxygens (including phenoxy) is 1. The van der Waals surface area contributed by atoms with Crippen molar-refractivity contribution in [2.45, 2.75) is 0 Å². The van der Waals surface area contributed by atoms with Gasteiger partial charge in [-0.2, -0.15) is 9.78 Å². The predicted molar refractivity (Wildman–Crippen MR) is 64.1 cm³/mol. The average molecular weight is 281 g/mol. The van der Waals surface area contributed by atoms with Gasteiger partial charge in [-0.3, -0.25) is 4.79 Å². The molecule has 0 atom stereocenters. The van der Waals surface area contributed by atoms with Gasteiger partial charge < -0.3 is 4.74 Å². The van der Waals surface area contributed by atoms with Crippen molar-refractivity contribution >= 4 is 15.9 Å². The summed E-state index contributed by atoms with van der Waals surface area (Å²) in [4.78, 5) is 11.6. The lowest BCUT2D eigenvalue weighted by atomic mass is 10.3. The summed E-state index contributed by atoms with van der Waals surface area (Å²) in [5.74, 6) is 0.742. The maximum absolute atomic E-state index is 11.6. The molecule has 0 aliphatic heterocycles. The van der Waals surface area contributed by atoms with Crippen molar-refractivity contribution in [3.05, 3.63) is 51.4 Å². The van der Waals surface area contributed by atoms with E-state index in [1.165, 1.54) is 10.7 Å². The molecule has 0 fully saturated rings. The van der Waals surface area contributed by atoms with Crippen LogP contribution < -0.4 is 10.3 Å². The third-order valence-electron chi connectivity index (χ3n) is 2.08. The van der Waals surface area contributed by atoms with Crippen LogP contribution in [0.5, 0.6) is 5.75 Å². The highest BCUT2D eigenvalue weighted by atomic mass is 79.9. The van der Waals surface area contributed by atoms with E-state index < -0.39 is 0 Å². The topological polar surface area (TPSA) is 44.1 Å². The molecule has 0 bridgehead atoms. The van der Waals surface area contributed by atoms with E-state index in [-0.39, 0.29) is 5.56 Å². The lowest BCUT2D eigenvalue weighted by molar-refractivity contribution is 0.414. The van der Waals surface area contributed by atoms with Crippen molar-refractivity contribution in [1.82, 2.24) is 9.78 Å². The van der Waals surface area contributed by atoms with Crippen LogP contribution in [-0.2, 0) is 0 Å². The van der Waals surface area contributed by atoms with Gasteiger partial charge >= 0.3 is 0 Å². The largest absolute Gasteiger partial charge is 0.497 e. The third-order valence-corrected chi connectivity index (χ3v) is 2.51. The Labute approximate surface area is 101 Å². The molecule has 1 heterocycles. The maximum atomic E-state index is 11.6. The first-order valence-corrected chi connectivity index (χ1v) is 5.40. The normalized spacial score (nSPS) is 10.1. The molecule has 5 heteroatoms. The van der Waals surface area contributed by atoms with Crippen LogP contribution in [0, 0.1) is 0 Å². The molecule has 1 aromatic carbocycles. The molecule has 2 rings (SSSR count). The zero-order chi connectivity index (χ0) is 11.5. The Morgan fingerprint density at radius 1 is 1.19 bits per heavy atom. The van der Waals surface area contributed by atoms with Crippen LogP contribution in [0.1, 0.15) is 0 Å². The van der Waals surface area contributed by atoms with Gasteiger partial charge in [0, 0.05) is 6.07 Å². The minimum absolute atomic E-state index is 0.173. The summed E-state index contributed by atoms with van der Waals surface area (Å²) < 4.78 is 6.98. The van der Waals surface area contributed by atoms with E-state index in [0.29, 0.717) is 10.3 Å². The molecule has 0 saturated carbocycles. The fourth-order valence-electron chi connectivity index (χ4n) is 1.30. The van der Waals surface area contributed by atoms with Crippen molar-refractivity contribution in [3.8, 4) is 11.4 Å². The van der Waals surface area contributed by atoms with E-state index in [1.54, 1.807) is 37.4 Å². The van der Waals surface area contributed by atoms with E-state index in [0.717, 1.165) is 5.75 Å². The second kappa shape index (κ2) is 4.49. The Morgan fingerprint density at radius 2 is 1.88 bits per heavy atom. The zero-order valence-corrected chi connectivity index (χ0v) is 10.1. The fourth-order valence-corrected chi connectivity index (χ4v) is 1.59. The van der Waals surface area contributed by atoms with Gasteiger partial charge in [0.1, 0.15) is 10.4 Å². The van der Waals surface area contributed by atoms with E-state index in [9.17, 15) is 4.79 Å². The SMILES string of the molecule is COc1ccc(-n2nc(Br)ccc2=O)cc1. The molecule has 0 saturated heterocycles. The van der Waals surface area contributed by atoms with Crippen LogP contribution >= 0.6 is 15.9 Å². The van der Waals surface area contributed by atoms with Gasteiger partial charge in [-0.15, -0.1) is 0 Å². The van der Waals surface area contributed by atoms with Gasteiger partial charge in [0.25, 0.3) is 5.56 Å². The number of rotatable bonds is 2. The number of hydrogen-bond donors (Lipinski definition) is 0. The smallest absolute Gasteiger partial charge is 0.271 e. The first-order valence-electron chi connectivity index (χ1n) is 4.61. The van der Waals surface area contributed by atoms with Gasteiger partial charge in [0.2, 0.25) is 0 Å². The minimum Gasteiger partial charge on any atom is -0.497 e. The first kappa shape index (κ1) is 10.9. The summed E-state index contributed by atoms with van der Waals surface area (Å²) in [6, 6.07) is 10.2. The zero-order valence-electron chi connectivity index (χ0n) is 8.55. The molecule has 0 aliphatic rings. The second-order valence-electron chi connectivity index (χ2n) is 3.10. The van der Waals surface area contributed by atoms with Crippen molar-refractivity contribution in [1.29, 1.82) is 0 Å². The van der Waals surface area contributed by atoms with Crippen LogP contribution in [0.15, 0.2) is 45.8 Å². The summed E-state index contributed by atoms with van der Waals surface area (Å²) >= 11 is 3.23. The molecule has 82 valence electrons. The van der Waals surface area contributed by atoms with Crippen molar-refractivity contribution in [2.24, 2.45) is 0 Å². The number of methoxy groups -OCH3 is 1. The monoisotopic (exact) mass is 280 g/mol. The third kappa shape index (κ3) is 2.14. The van der Waals surface area contributed by atoms with Gasteiger partial charge in [0.05, 0.1) is 12.8 Å². The summed E-state index contributed by atoms with van der Waals surface area (Å²) in [6.07, 6.45) is 0. The highest BCUT2D eigenvalue weighted by Crippen LogP contribution is 2.13. The fraction of sp³-hybridized carbons (Fsp3) is 0.0909. The van der Waals surface area contributed by atoms with Crippen LogP contribution in [-0.4, -0.2) is 16.9 Å². The molecule has 0 aliphatic carbocycles. The van der Waals surface area contributed by atoms with Crippen molar-refractivity contribution in [2.75, 3.05) is 7.11 Å². The van der Waals surface area contributed by atoms with Gasteiger partial charge in [0.15, 0.2) is 0 Å². The van der Waals surface area contributed by atoms with Gasteiger partial charge in [-0.25, -0.2) is 0 Å². The highest BCUT2D eigenvalue weighted by molar-refractivity contribution is 9.10. The van der Waals surface area contributed by atoms with Crippen molar-refractivity contribution in [3.63, 3.8) is 0 Å². The number of halogens is 1. The number of aromatic nitrogens is 2. The molecule has 0 N–H and O–H groups in total. The second-order valence-corrected chi connectivity index (χ2v) is 3.92. The molecule has 1 aromatic heterocycles.